The lowest BCUT2D eigenvalue weighted by molar-refractivity contribution is 0.0126. The van der Waals surface area contributed by atoms with Crippen LogP contribution in [0, 0.1) is 5.82 Å². The van der Waals surface area contributed by atoms with E-state index in [-0.39, 0.29) is 28.0 Å². The molecule has 3 rings (SSSR count). The van der Waals surface area contributed by atoms with Gasteiger partial charge in [-0.3, -0.25) is 4.79 Å². The Morgan fingerprint density at radius 3 is 2.54 bits per heavy atom. The average Bonchev–Trinajstić information content (AvgIpc) is 2.64. The van der Waals surface area contributed by atoms with Crippen LogP contribution in [0.15, 0.2) is 51.8 Å². The van der Waals surface area contributed by atoms with Crippen molar-refractivity contribution < 1.29 is 22.7 Å². The third kappa shape index (κ3) is 4.60. The van der Waals surface area contributed by atoms with Crippen molar-refractivity contribution >= 4 is 37.5 Å². The fourth-order valence-corrected chi connectivity index (χ4v) is 4.80. The normalized spacial score (nSPS) is 17.3. The summed E-state index contributed by atoms with van der Waals surface area (Å²) in [7, 11) is -3.77. The Morgan fingerprint density at radius 1 is 1.21 bits per heavy atom. The van der Waals surface area contributed by atoms with Crippen molar-refractivity contribution in [3.05, 3.63) is 58.3 Å². The molecule has 1 amide bonds. The standard InChI is InChI=1S/C19H20BrFN2O4S/c1-19(25)7-9-23(10-8-19)28(26,27)15-4-2-3-13(11-15)18(24)22-14-5-6-17(21)16(20)12-14/h2-6,11-12,25H,7-10H2,1H3,(H,22,24). The first-order valence-corrected chi connectivity index (χ1v) is 10.9. The second-order valence-electron chi connectivity index (χ2n) is 7.01. The number of aliphatic hydroxyl groups is 1. The number of nitrogens with one attached hydrogen (secondary N) is 1. The maximum absolute atomic E-state index is 13.3. The molecule has 2 N–H and O–H groups in total. The number of piperidine rings is 1. The van der Waals surface area contributed by atoms with Crippen LogP contribution in [-0.2, 0) is 10.0 Å². The van der Waals surface area contributed by atoms with Gasteiger partial charge in [0.15, 0.2) is 0 Å². The first-order valence-electron chi connectivity index (χ1n) is 8.67. The summed E-state index contributed by atoms with van der Waals surface area (Å²) in [6.45, 7) is 2.13. The van der Waals surface area contributed by atoms with Crippen LogP contribution in [0.2, 0.25) is 0 Å². The lowest BCUT2D eigenvalue weighted by Gasteiger charge is -2.35. The summed E-state index contributed by atoms with van der Waals surface area (Å²) in [5.74, 6) is -0.955. The van der Waals surface area contributed by atoms with Gasteiger partial charge in [-0.2, -0.15) is 4.31 Å². The number of carbonyl (C=O) groups excluding carboxylic acids is 1. The van der Waals surface area contributed by atoms with Gasteiger partial charge in [0.1, 0.15) is 5.82 Å². The van der Waals surface area contributed by atoms with Crippen molar-refractivity contribution in [2.75, 3.05) is 18.4 Å². The molecule has 0 aliphatic carbocycles. The third-order valence-electron chi connectivity index (χ3n) is 4.71. The number of halogens is 2. The summed E-state index contributed by atoms with van der Waals surface area (Å²) in [4.78, 5) is 12.5. The fraction of sp³-hybridized carbons (Fsp3) is 0.316. The first kappa shape index (κ1) is 20.9. The Labute approximate surface area is 171 Å². The molecule has 6 nitrogen and oxygen atoms in total. The topological polar surface area (TPSA) is 86.7 Å². The zero-order chi connectivity index (χ0) is 20.5. The van der Waals surface area contributed by atoms with Crippen LogP contribution in [0.25, 0.3) is 0 Å². The van der Waals surface area contributed by atoms with Gasteiger partial charge in [0.25, 0.3) is 5.91 Å². The Hall–Kier alpha value is -1.81. The van der Waals surface area contributed by atoms with Crippen molar-refractivity contribution in [3.8, 4) is 0 Å². The second kappa shape index (κ2) is 7.90. The van der Waals surface area contributed by atoms with E-state index in [9.17, 15) is 22.7 Å². The quantitative estimate of drug-likeness (QED) is 0.716. The van der Waals surface area contributed by atoms with Crippen LogP contribution < -0.4 is 5.32 Å². The molecule has 0 atom stereocenters. The molecule has 2 aromatic rings. The van der Waals surface area contributed by atoms with Crippen molar-refractivity contribution in [1.29, 1.82) is 0 Å². The fourth-order valence-electron chi connectivity index (χ4n) is 2.93. The van der Waals surface area contributed by atoms with E-state index in [0.29, 0.717) is 18.5 Å². The summed E-state index contributed by atoms with van der Waals surface area (Å²) >= 11 is 3.05. The van der Waals surface area contributed by atoms with Crippen molar-refractivity contribution in [2.45, 2.75) is 30.3 Å². The number of anilines is 1. The van der Waals surface area contributed by atoms with Gasteiger partial charge in [-0.15, -0.1) is 0 Å². The number of hydrogen-bond acceptors (Lipinski definition) is 4. The number of rotatable bonds is 4. The van der Waals surface area contributed by atoms with E-state index in [1.807, 2.05) is 0 Å². The molecule has 0 spiro atoms. The summed E-state index contributed by atoms with van der Waals surface area (Å²) in [6.07, 6.45) is 0.706. The zero-order valence-electron chi connectivity index (χ0n) is 15.2. The maximum atomic E-state index is 13.3. The molecule has 0 bridgehead atoms. The molecule has 9 heteroatoms. The molecular weight excluding hydrogens is 451 g/mol. The molecule has 150 valence electrons. The van der Waals surface area contributed by atoms with Crippen LogP contribution in [0.4, 0.5) is 10.1 Å². The summed E-state index contributed by atoms with van der Waals surface area (Å²) in [6, 6.07) is 9.82. The Balaban J connectivity index is 1.79. The van der Waals surface area contributed by atoms with Crippen LogP contribution >= 0.6 is 15.9 Å². The monoisotopic (exact) mass is 470 g/mol. The van der Waals surface area contributed by atoms with E-state index in [1.165, 1.54) is 46.8 Å². The van der Waals surface area contributed by atoms with E-state index in [1.54, 1.807) is 6.92 Å². The van der Waals surface area contributed by atoms with Crippen LogP contribution in [0.1, 0.15) is 30.1 Å². The van der Waals surface area contributed by atoms with Crippen molar-refractivity contribution in [2.24, 2.45) is 0 Å². The van der Waals surface area contributed by atoms with E-state index >= 15 is 0 Å². The van der Waals surface area contributed by atoms with Gasteiger partial charge < -0.3 is 10.4 Å². The van der Waals surface area contributed by atoms with E-state index in [2.05, 4.69) is 21.2 Å². The van der Waals surface area contributed by atoms with Gasteiger partial charge in [-0.1, -0.05) is 6.07 Å². The molecule has 0 aromatic heterocycles. The van der Waals surface area contributed by atoms with Crippen LogP contribution in [0.3, 0.4) is 0 Å². The number of carbonyl (C=O) groups is 1. The molecular formula is C19H20BrFN2O4S. The van der Waals surface area contributed by atoms with Gasteiger partial charge in [-0.25, -0.2) is 12.8 Å². The van der Waals surface area contributed by atoms with Crippen molar-refractivity contribution in [1.82, 2.24) is 4.31 Å². The van der Waals surface area contributed by atoms with Crippen LogP contribution in [-0.4, -0.2) is 42.4 Å². The number of amides is 1. The number of sulfonamides is 1. The Kier molecular flexibility index (Phi) is 5.90. The number of hydrogen-bond donors (Lipinski definition) is 2. The predicted octanol–water partition coefficient (Wildman–Crippen LogP) is 3.38. The zero-order valence-corrected chi connectivity index (χ0v) is 17.6. The predicted molar refractivity (Wildman–Crippen MR) is 107 cm³/mol. The number of nitrogens with zero attached hydrogens (tertiary/aromatic N) is 1. The molecule has 0 unspecified atom stereocenters. The molecule has 0 radical (unpaired) electrons. The van der Waals surface area contributed by atoms with Gasteiger partial charge in [0.2, 0.25) is 10.0 Å². The van der Waals surface area contributed by atoms with Crippen molar-refractivity contribution in [3.63, 3.8) is 0 Å². The van der Waals surface area contributed by atoms with Gasteiger partial charge in [0, 0.05) is 24.3 Å². The first-order chi connectivity index (χ1) is 13.1. The Bertz CT molecular complexity index is 1000. The average molecular weight is 471 g/mol. The molecule has 1 aliphatic heterocycles. The molecule has 28 heavy (non-hydrogen) atoms. The van der Waals surface area contributed by atoms with Gasteiger partial charge in [-0.05, 0) is 72.1 Å². The Morgan fingerprint density at radius 2 is 1.89 bits per heavy atom. The minimum Gasteiger partial charge on any atom is -0.390 e. The lowest BCUT2D eigenvalue weighted by atomic mass is 9.95. The minimum atomic E-state index is -3.77. The third-order valence-corrected chi connectivity index (χ3v) is 7.21. The second-order valence-corrected chi connectivity index (χ2v) is 9.80. The highest BCUT2D eigenvalue weighted by atomic mass is 79.9. The summed E-state index contributed by atoms with van der Waals surface area (Å²) < 4.78 is 40.6. The highest BCUT2D eigenvalue weighted by Crippen LogP contribution is 2.27. The highest BCUT2D eigenvalue weighted by Gasteiger charge is 2.34. The van der Waals surface area contributed by atoms with E-state index in [4.69, 9.17) is 0 Å². The molecule has 1 fully saturated rings. The maximum Gasteiger partial charge on any atom is 0.255 e. The summed E-state index contributed by atoms with van der Waals surface area (Å²) in [5, 5.41) is 12.6. The molecule has 1 heterocycles. The highest BCUT2D eigenvalue weighted by molar-refractivity contribution is 9.10. The molecule has 2 aromatic carbocycles. The molecule has 0 saturated carbocycles. The lowest BCUT2D eigenvalue weighted by Crippen LogP contribution is -2.45. The van der Waals surface area contributed by atoms with Gasteiger partial charge in [0.05, 0.1) is 15.0 Å². The summed E-state index contributed by atoms with van der Waals surface area (Å²) in [5.41, 5.74) is -0.313. The molecule has 1 saturated heterocycles. The smallest absolute Gasteiger partial charge is 0.255 e. The van der Waals surface area contributed by atoms with E-state index in [0.717, 1.165) is 0 Å². The number of benzene rings is 2. The van der Waals surface area contributed by atoms with Crippen LogP contribution in [0.5, 0.6) is 0 Å². The SMILES string of the molecule is CC1(O)CCN(S(=O)(=O)c2cccc(C(=O)Nc3ccc(F)c(Br)c3)c2)CC1. The van der Waals surface area contributed by atoms with E-state index < -0.39 is 27.3 Å². The van der Waals surface area contributed by atoms with Gasteiger partial charge >= 0.3 is 0 Å². The molecule has 1 aliphatic rings. The largest absolute Gasteiger partial charge is 0.390 e. The minimum absolute atomic E-state index is 0.0157.